The molecule has 5 nitrogen and oxygen atoms in total. The molecule has 2 fully saturated rings. The van der Waals surface area contributed by atoms with Crippen LogP contribution in [0.1, 0.15) is 63.9 Å². The molecule has 2 aliphatic rings. The van der Waals surface area contributed by atoms with Crippen molar-refractivity contribution in [3.05, 3.63) is 52.0 Å². The van der Waals surface area contributed by atoms with E-state index in [4.69, 9.17) is 27.9 Å². The predicted octanol–water partition coefficient (Wildman–Crippen LogP) is 6.70. The molecule has 2 N–H and O–H groups in total. The normalized spacial score (nSPS) is 20.1. The number of hydrogen-bond donors (Lipinski definition) is 2. The van der Waals surface area contributed by atoms with Gasteiger partial charge in [0.1, 0.15) is 5.75 Å². The number of hydrogen-bond acceptors (Lipinski definition) is 3. The number of halogens is 2. The van der Waals surface area contributed by atoms with Crippen molar-refractivity contribution in [1.29, 1.82) is 0 Å². The molecule has 34 heavy (non-hydrogen) atoms. The maximum Gasteiger partial charge on any atom is 0.347 e. The summed E-state index contributed by atoms with van der Waals surface area (Å²) < 4.78 is 5.60. The summed E-state index contributed by atoms with van der Waals surface area (Å²) in [5.41, 5.74) is 1.32. The summed E-state index contributed by atoms with van der Waals surface area (Å²) in [4.78, 5) is 24.0. The lowest BCUT2D eigenvalue weighted by Crippen LogP contribution is -2.37. The number of amides is 1. The summed E-state index contributed by atoms with van der Waals surface area (Å²) in [7, 11) is 0. The van der Waals surface area contributed by atoms with Crippen LogP contribution >= 0.6 is 23.2 Å². The van der Waals surface area contributed by atoms with Gasteiger partial charge in [-0.2, -0.15) is 0 Å². The zero-order valence-corrected chi connectivity index (χ0v) is 21.1. The Kier molecular flexibility index (Phi) is 7.44. The summed E-state index contributed by atoms with van der Waals surface area (Å²) in [6.45, 7) is 3.72. The molecule has 0 bridgehead atoms. The predicted molar refractivity (Wildman–Crippen MR) is 135 cm³/mol. The molecule has 7 heteroatoms. The second-order valence-corrected chi connectivity index (χ2v) is 10.7. The van der Waals surface area contributed by atoms with Gasteiger partial charge in [-0.1, -0.05) is 54.6 Å². The fourth-order valence-electron chi connectivity index (χ4n) is 5.34. The molecule has 2 aromatic rings. The molecule has 0 radical (unpaired) electrons. The summed E-state index contributed by atoms with van der Waals surface area (Å²) >= 11 is 13.7. The van der Waals surface area contributed by atoms with Crippen LogP contribution in [0.25, 0.3) is 11.1 Å². The van der Waals surface area contributed by atoms with Crippen molar-refractivity contribution < 1.29 is 19.4 Å². The number of aliphatic carboxylic acids is 1. The van der Waals surface area contributed by atoms with Crippen LogP contribution in [0.4, 0.5) is 0 Å². The maximum absolute atomic E-state index is 12.7. The standard InChI is InChI=1S/C27H31Cl2NO4/c1-27(2,26(32)33)34-19-10-8-16(9-11-19)18-14-21(28)24(22(29)15-18)23(17-6-4-3-5-7-17)20-12-13-30-25(20)31/h8-11,14-15,17,20,23H,3-7,12-13H2,1-2H3,(H,30,31)(H,32,33). The van der Waals surface area contributed by atoms with E-state index >= 15 is 0 Å². The number of carboxylic acid groups (broad SMARTS) is 1. The van der Waals surface area contributed by atoms with E-state index in [0.717, 1.165) is 36.0 Å². The van der Waals surface area contributed by atoms with Gasteiger partial charge in [-0.3, -0.25) is 4.79 Å². The van der Waals surface area contributed by atoms with Gasteiger partial charge in [0.2, 0.25) is 5.91 Å². The van der Waals surface area contributed by atoms with Crippen molar-refractivity contribution >= 4 is 35.1 Å². The molecule has 1 saturated carbocycles. The van der Waals surface area contributed by atoms with Crippen LogP contribution in [0.2, 0.25) is 10.0 Å². The van der Waals surface area contributed by atoms with E-state index in [9.17, 15) is 14.7 Å². The van der Waals surface area contributed by atoms with Crippen molar-refractivity contribution in [3.63, 3.8) is 0 Å². The Hall–Kier alpha value is -2.24. The zero-order chi connectivity index (χ0) is 24.5. The summed E-state index contributed by atoms with van der Waals surface area (Å²) in [6.07, 6.45) is 6.59. The van der Waals surface area contributed by atoms with Crippen LogP contribution in [0.15, 0.2) is 36.4 Å². The quantitative estimate of drug-likeness (QED) is 0.440. The van der Waals surface area contributed by atoms with Crippen molar-refractivity contribution in [3.8, 4) is 16.9 Å². The van der Waals surface area contributed by atoms with Gasteiger partial charge < -0.3 is 15.2 Å². The third kappa shape index (κ3) is 5.21. The summed E-state index contributed by atoms with van der Waals surface area (Å²) in [5, 5.41) is 13.4. The number of carboxylic acids is 1. The Morgan fingerprint density at radius 1 is 1.03 bits per heavy atom. The van der Waals surface area contributed by atoms with Crippen LogP contribution in [0.3, 0.4) is 0 Å². The molecule has 0 spiro atoms. The Morgan fingerprint density at radius 2 is 1.65 bits per heavy atom. The monoisotopic (exact) mass is 503 g/mol. The van der Waals surface area contributed by atoms with Crippen molar-refractivity contribution in [2.75, 3.05) is 6.54 Å². The topological polar surface area (TPSA) is 75.6 Å². The Morgan fingerprint density at radius 3 is 2.18 bits per heavy atom. The minimum atomic E-state index is -1.32. The van der Waals surface area contributed by atoms with Gasteiger partial charge in [0.05, 0.1) is 0 Å². The number of ether oxygens (including phenoxy) is 1. The average molecular weight is 504 g/mol. The molecular weight excluding hydrogens is 473 g/mol. The number of carbonyl (C=O) groups is 2. The SMILES string of the molecule is CC(C)(Oc1ccc(-c2cc(Cl)c(C(C3CCCCC3)C3CCNC3=O)c(Cl)c2)cc1)C(=O)O. The highest BCUT2D eigenvalue weighted by Crippen LogP contribution is 2.48. The van der Waals surface area contributed by atoms with Gasteiger partial charge in [0, 0.05) is 28.4 Å². The second-order valence-electron chi connectivity index (χ2n) is 9.91. The highest BCUT2D eigenvalue weighted by Gasteiger charge is 2.40. The Labute approximate surface area is 210 Å². The van der Waals surface area contributed by atoms with Gasteiger partial charge >= 0.3 is 5.97 Å². The zero-order valence-electron chi connectivity index (χ0n) is 19.6. The highest BCUT2D eigenvalue weighted by atomic mass is 35.5. The second kappa shape index (κ2) is 10.2. The molecule has 1 saturated heterocycles. The van der Waals surface area contributed by atoms with E-state index in [1.807, 2.05) is 24.3 Å². The Bertz CT molecular complexity index is 1040. The van der Waals surface area contributed by atoms with Gasteiger partial charge in [0.15, 0.2) is 5.60 Å². The lowest BCUT2D eigenvalue weighted by Gasteiger charge is -2.34. The molecule has 2 unspecified atom stereocenters. The first-order valence-corrected chi connectivity index (χ1v) is 12.7. The molecule has 1 amide bonds. The van der Waals surface area contributed by atoms with E-state index in [2.05, 4.69) is 5.32 Å². The molecule has 0 aromatic heterocycles. The van der Waals surface area contributed by atoms with E-state index in [0.29, 0.717) is 28.3 Å². The lowest BCUT2D eigenvalue weighted by molar-refractivity contribution is -0.152. The molecule has 2 atom stereocenters. The summed E-state index contributed by atoms with van der Waals surface area (Å²) in [5.74, 6) is -0.142. The van der Waals surface area contributed by atoms with Gasteiger partial charge in [0.25, 0.3) is 0 Å². The highest BCUT2D eigenvalue weighted by molar-refractivity contribution is 6.36. The maximum atomic E-state index is 12.7. The molecule has 182 valence electrons. The van der Waals surface area contributed by atoms with Gasteiger partial charge in [-0.05, 0) is 80.0 Å². The number of rotatable bonds is 7. The molecular formula is C27H31Cl2NO4. The van der Waals surface area contributed by atoms with Gasteiger partial charge in [-0.25, -0.2) is 4.79 Å². The number of carbonyl (C=O) groups excluding carboxylic acids is 1. The van der Waals surface area contributed by atoms with E-state index in [1.165, 1.54) is 33.1 Å². The van der Waals surface area contributed by atoms with Gasteiger partial charge in [-0.15, -0.1) is 0 Å². The van der Waals surface area contributed by atoms with Crippen LogP contribution < -0.4 is 10.1 Å². The molecule has 1 heterocycles. The fraction of sp³-hybridized carbons (Fsp3) is 0.481. The first-order chi connectivity index (χ1) is 16.2. The number of nitrogens with one attached hydrogen (secondary N) is 1. The third-order valence-electron chi connectivity index (χ3n) is 7.17. The molecule has 2 aromatic carbocycles. The molecule has 4 rings (SSSR count). The van der Waals surface area contributed by atoms with Crippen molar-refractivity contribution in [1.82, 2.24) is 5.32 Å². The third-order valence-corrected chi connectivity index (χ3v) is 7.80. The molecule has 1 aliphatic heterocycles. The van der Waals surface area contributed by atoms with Crippen LogP contribution in [-0.2, 0) is 9.59 Å². The van der Waals surface area contributed by atoms with Crippen LogP contribution in [0.5, 0.6) is 5.75 Å². The summed E-state index contributed by atoms with van der Waals surface area (Å²) in [6, 6.07) is 11.0. The lowest BCUT2D eigenvalue weighted by atomic mass is 9.70. The number of benzene rings is 2. The van der Waals surface area contributed by atoms with Crippen LogP contribution in [0, 0.1) is 11.8 Å². The fourth-order valence-corrected chi connectivity index (χ4v) is 6.08. The van der Waals surface area contributed by atoms with E-state index in [1.54, 1.807) is 12.1 Å². The largest absolute Gasteiger partial charge is 0.478 e. The van der Waals surface area contributed by atoms with Crippen molar-refractivity contribution in [2.24, 2.45) is 11.8 Å². The average Bonchev–Trinajstić information content (AvgIpc) is 3.22. The minimum Gasteiger partial charge on any atom is -0.478 e. The Balaban J connectivity index is 1.64. The smallest absolute Gasteiger partial charge is 0.347 e. The van der Waals surface area contributed by atoms with Crippen molar-refractivity contribution in [2.45, 2.75) is 63.9 Å². The molecule has 1 aliphatic carbocycles. The first-order valence-electron chi connectivity index (χ1n) is 12.0. The minimum absolute atomic E-state index is 0.0193. The van der Waals surface area contributed by atoms with Crippen LogP contribution in [-0.4, -0.2) is 29.1 Å². The first kappa shape index (κ1) is 24.9. The van der Waals surface area contributed by atoms with E-state index < -0.39 is 11.6 Å². The van der Waals surface area contributed by atoms with E-state index in [-0.39, 0.29) is 17.7 Å².